The van der Waals surface area contributed by atoms with Gasteiger partial charge in [-0.2, -0.15) is 0 Å². The Morgan fingerprint density at radius 1 is 1.26 bits per heavy atom. The second kappa shape index (κ2) is 7.79. The number of hydrogen-bond donors (Lipinski definition) is 1. The molecular formula is C18H22N2OS2. The van der Waals surface area contributed by atoms with Crippen LogP contribution in [0.2, 0.25) is 0 Å². The van der Waals surface area contributed by atoms with E-state index in [9.17, 15) is 0 Å². The molecule has 1 heterocycles. The summed E-state index contributed by atoms with van der Waals surface area (Å²) in [4.78, 5) is 3.72. The van der Waals surface area contributed by atoms with Crippen LogP contribution in [0.3, 0.4) is 0 Å². The highest BCUT2D eigenvalue weighted by Gasteiger charge is 2.25. The molecule has 0 atom stereocenters. The van der Waals surface area contributed by atoms with Crippen molar-refractivity contribution in [2.75, 3.05) is 12.4 Å². The number of thiocarbonyl (C=S) groups is 1. The van der Waals surface area contributed by atoms with Crippen LogP contribution < -0.4 is 10.1 Å². The Balaban J connectivity index is 1.70. The van der Waals surface area contributed by atoms with E-state index >= 15 is 0 Å². The first-order valence-corrected chi connectivity index (χ1v) is 9.29. The van der Waals surface area contributed by atoms with Crippen molar-refractivity contribution in [2.45, 2.75) is 38.3 Å². The van der Waals surface area contributed by atoms with Crippen LogP contribution >= 0.6 is 23.6 Å². The Kier molecular flexibility index (Phi) is 5.51. The Morgan fingerprint density at radius 2 is 2.00 bits per heavy atom. The molecule has 1 saturated carbocycles. The Labute approximate surface area is 147 Å². The van der Waals surface area contributed by atoms with Gasteiger partial charge in [0.2, 0.25) is 0 Å². The van der Waals surface area contributed by atoms with Crippen LogP contribution in [0.15, 0.2) is 41.8 Å². The van der Waals surface area contributed by atoms with Crippen LogP contribution in [0.4, 0.5) is 5.69 Å². The molecule has 122 valence electrons. The van der Waals surface area contributed by atoms with Crippen LogP contribution in [0.1, 0.15) is 30.6 Å². The average Bonchev–Trinajstić information content (AvgIpc) is 3.27. The molecule has 1 aliphatic carbocycles. The zero-order valence-electron chi connectivity index (χ0n) is 13.3. The highest BCUT2D eigenvalue weighted by atomic mass is 32.1. The third kappa shape index (κ3) is 4.24. The van der Waals surface area contributed by atoms with Crippen molar-refractivity contribution in [3.8, 4) is 5.75 Å². The summed E-state index contributed by atoms with van der Waals surface area (Å²) in [6.07, 6.45) is 5.07. The number of nitrogens with zero attached hydrogens (tertiary/aromatic N) is 1. The van der Waals surface area contributed by atoms with Gasteiger partial charge in [-0.1, -0.05) is 18.9 Å². The number of ether oxygens (including phenoxy) is 1. The predicted octanol–water partition coefficient (Wildman–Crippen LogP) is 4.90. The minimum Gasteiger partial charge on any atom is -0.497 e. The van der Waals surface area contributed by atoms with E-state index in [1.54, 1.807) is 18.4 Å². The summed E-state index contributed by atoms with van der Waals surface area (Å²) in [7, 11) is 1.68. The summed E-state index contributed by atoms with van der Waals surface area (Å²) in [5.74, 6) is 0.854. The van der Waals surface area contributed by atoms with Gasteiger partial charge in [-0.25, -0.2) is 0 Å². The van der Waals surface area contributed by atoms with E-state index in [1.165, 1.54) is 30.6 Å². The molecule has 1 N–H and O–H groups in total. The van der Waals surface area contributed by atoms with E-state index in [4.69, 9.17) is 17.0 Å². The molecule has 1 aromatic carbocycles. The maximum absolute atomic E-state index is 5.72. The monoisotopic (exact) mass is 346 g/mol. The maximum atomic E-state index is 5.72. The van der Waals surface area contributed by atoms with E-state index in [2.05, 4.69) is 27.7 Å². The third-order valence-corrected chi connectivity index (χ3v) is 5.47. The maximum Gasteiger partial charge on any atom is 0.174 e. The smallest absolute Gasteiger partial charge is 0.174 e. The van der Waals surface area contributed by atoms with Crippen molar-refractivity contribution in [1.82, 2.24) is 4.90 Å². The summed E-state index contributed by atoms with van der Waals surface area (Å²) >= 11 is 7.51. The highest BCUT2D eigenvalue weighted by Crippen LogP contribution is 2.27. The number of benzene rings is 1. The largest absolute Gasteiger partial charge is 0.497 e. The summed E-state index contributed by atoms with van der Waals surface area (Å²) in [6.45, 7) is 0.893. The average molecular weight is 347 g/mol. The van der Waals surface area contributed by atoms with E-state index in [1.807, 2.05) is 24.3 Å². The summed E-state index contributed by atoms with van der Waals surface area (Å²) in [5.41, 5.74) is 1.00. The first-order chi connectivity index (χ1) is 11.3. The number of hydrogen-bond acceptors (Lipinski definition) is 3. The Hall–Kier alpha value is -1.59. The fourth-order valence-electron chi connectivity index (χ4n) is 3.02. The Bertz CT molecular complexity index is 619. The van der Waals surface area contributed by atoms with Crippen molar-refractivity contribution in [3.05, 3.63) is 46.7 Å². The molecule has 1 aromatic heterocycles. The molecule has 3 rings (SSSR count). The van der Waals surface area contributed by atoms with Gasteiger partial charge in [0.25, 0.3) is 0 Å². The van der Waals surface area contributed by atoms with Gasteiger partial charge < -0.3 is 15.0 Å². The summed E-state index contributed by atoms with van der Waals surface area (Å²) < 4.78 is 5.20. The topological polar surface area (TPSA) is 24.5 Å². The van der Waals surface area contributed by atoms with Gasteiger partial charge in [0, 0.05) is 16.6 Å². The summed E-state index contributed by atoms with van der Waals surface area (Å²) in [5, 5.41) is 6.33. The first kappa shape index (κ1) is 16.3. The predicted molar refractivity (Wildman–Crippen MR) is 101 cm³/mol. The van der Waals surface area contributed by atoms with Crippen LogP contribution in [0.5, 0.6) is 5.75 Å². The van der Waals surface area contributed by atoms with E-state index in [-0.39, 0.29) is 0 Å². The molecule has 0 unspecified atom stereocenters. The van der Waals surface area contributed by atoms with Gasteiger partial charge in [0.1, 0.15) is 5.75 Å². The summed E-state index contributed by atoms with van der Waals surface area (Å²) in [6, 6.07) is 12.7. The fraction of sp³-hybridized carbons (Fsp3) is 0.389. The molecule has 1 aliphatic rings. The van der Waals surface area contributed by atoms with Crippen molar-refractivity contribution in [3.63, 3.8) is 0 Å². The lowest BCUT2D eigenvalue weighted by atomic mass is 10.2. The lowest BCUT2D eigenvalue weighted by Gasteiger charge is -2.31. The van der Waals surface area contributed by atoms with Crippen molar-refractivity contribution in [2.24, 2.45) is 0 Å². The van der Waals surface area contributed by atoms with Gasteiger partial charge in [-0.3, -0.25) is 0 Å². The van der Waals surface area contributed by atoms with Crippen LogP contribution in [-0.2, 0) is 6.54 Å². The van der Waals surface area contributed by atoms with Gasteiger partial charge >= 0.3 is 0 Å². The van der Waals surface area contributed by atoms with E-state index in [0.717, 1.165) is 23.1 Å². The zero-order chi connectivity index (χ0) is 16.1. The molecule has 0 aliphatic heterocycles. The lowest BCUT2D eigenvalue weighted by Crippen LogP contribution is -2.40. The van der Waals surface area contributed by atoms with Gasteiger partial charge in [-0.15, -0.1) is 11.3 Å². The number of rotatable bonds is 5. The molecule has 0 saturated heterocycles. The minimum absolute atomic E-state index is 0.551. The molecule has 0 radical (unpaired) electrons. The van der Waals surface area contributed by atoms with Crippen molar-refractivity contribution < 1.29 is 4.74 Å². The minimum atomic E-state index is 0.551. The first-order valence-electron chi connectivity index (χ1n) is 8.00. The van der Waals surface area contributed by atoms with Crippen molar-refractivity contribution >= 4 is 34.4 Å². The van der Waals surface area contributed by atoms with Crippen LogP contribution in [0, 0.1) is 0 Å². The normalized spacial score (nSPS) is 14.7. The molecular weight excluding hydrogens is 324 g/mol. The number of thiophene rings is 1. The second-order valence-electron chi connectivity index (χ2n) is 5.80. The van der Waals surface area contributed by atoms with Crippen LogP contribution in [-0.4, -0.2) is 23.2 Å². The van der Waals surface area contributed by atoms with Crippen LogP contribution in [0.25, 0.3) is 0 Å². The molecule has 0 spiro atoms. The van der Waals surface area contributed by atoms with Gasteiger partial charge in [0.05, 0.1) is 13.7 Å². The standard InChI is InChI=1S/C18H22N2OS2/c1-21-16-10-8-14(9-11-16)19-18(22)20(15-5-2-3-6-15)13-17-7-4-12-23-17/h4,7-12,15H,2-3,5-6,13H2,1H3,(H,19,22). The lowest BCUT2D eigenvalue weighted by molar-refractivity contribution is 0.314. The highest BCUT2D eigenvalue weighted by molar-refractivity contribution is 7.80. The number of nitrogens with one attached hydrogen (secondary N) is 1. The molecule has 0 bridgehead atoms. The number of anilines is 1. The van der Waals surface area contributed by atoms with Gasteiger partial charge in [-0.05, 0) is 60.8 Å². The SMILES string of the molecule is COc1ccc(NC(=S)N(Cc2cccs2)C2CCCC2)cc1. The second-order valence-corrected chi connectivity index (χ2v) is 7.22. The Morgan fingerprint density at radius 3 is 2.61 bits per heavy atom. The molecule has 1 fully saturated rings. The molecule has 0 amide bonds. The number of methoxy groups -OCH3 is 1. The molecule has 3 nitrogen and oxygen atoms in total. The quantitative estimate of drug-likeness (QED) is 0.778. The molecule has 23 heavy (non-hydrogen) atoms. The van der Waals surface area contributed by atoms with E-state index in [0.29, 0.717) is 6.04 Å². The zero-order valence-corrected chi connectivity index (χ0v) is 15.0. The third-order valence-electron chi connectivity index (χ3n) is 4.27. The fourth-order valence-corrected chi connectivity index (χ4v) is 4.06. The van der Waals surface area contributed by atoms with Crippen molar-refractivity contribution in [1.29, 1.82) is 0 Å². The van der Waals surface area contributed by atoms with Gasteiger partial charge in [0.15, 0.2) is 5.11 Å². The van der Waals surface area contributed by atoms with E-state index < -0.39 is 0 Å². The molecule has 2 aromatic rings. The molecule has 5 heteroatoms.